The van der Waals surface area contributed by atoms with E-state index in [1.165, 1.54) is 109 Å². The zero-order chi connectivity index (χ0) is 16.3. The van der Waals surface area contributed by atoms with Crippen LogP contribution in [0.1, 0.15) is 122 Å². The third kappa shape index (κ3) is 20.0. The maximum atomic E-state index is 4.05. The van der Waals surface area contributed by atoms with Crippen LogP contribution >= 0.6 is 0 Å². The van der Waals surface area contributed by atoms with E-state index in [0.717, 1.165) is 6.42 Å². The van der Waals surface area contributed by atoms with Gasteiger partial charge in [-0.2, -0.15) is 0 Å². The van der Waals surface area contributed by atoms with Crippen molar-refractivity contribution in [2.24, 2.45) is 5.92 Å². The Kier molecular flexibility index (Phi) is 19.0. The molecule has 0 nitrogen and oxygen atoms in total. The maximum absolute atomic E-state index is 4.05. The molecular formula is C22H44. The highest BCUT2D eigenvalue weighted by Gasteiger charge is 1.96. The molecule has 2 radical (unpaired) electrons. The molecule has 0 heterocycles. The van der Waals surface area contributed by atoms with Gasteiger partial charge >= 0.3 is 0 Å². The Balaban J connectivity index is 2.94. The Hall–Kier alpha value is 0. The lowest BCUT2D eigenvalue weighted by atomic mass is 10.0. The quantitative estimate of drug-likeness (QED) is 0.223. The fraction of sp³-hybridized carbons (Fsp3) is 0.909. The average molecular weight is 309 g/mol. The van der Waals surface area contributed by atoms with Gasteiger partial charge in [0.15, 0.2) is 0 Å². The van der Waals surface area contributed by atoms with Gasteiger partial charge in [-0.05, 0) is 5.92 Å². The van der Waals surface area contributed by atoms with Crippen molar-refractivity contribution < 1.29 is 0 Å². The number of hydrogen-bond donors (Lipinski definition) is 0. The lowest BCUT2D eigenvalue weighted by Gasteiger charge is -2.05. The normalized spacial score (nSPS) is 11.5. The molecule has 0 saturated carbocycles. The lowest BCUT2D eigenvalue weighted by Crippen LogP contribution is -1.87. The predicted molar refractivity (Wildman–Crippen MR) is 103 cm³/mol. The molecule has 0 aromatic rings. The standard InChI is InChI=1S/C22H44/c1-4-5-6-7-8-9-10-11-12-13-14-15-16-17-18-19-20-21-22(2)3/h22H,1-2,4-21H2,3H3. The second kappa shape index (κ2) is 19.0. The number of rotatable bonds is 18. The van der Waals surface area contributed by atoms with E-state index in [0.29, 0.717) is 5.92 Å². The van der Waals surface area contributed by atoms with E-state index < -0.39 is 0 Å². The summed E-state index contributed by atoms with van der Waals surface area (Å²) in [6, 6.07) is 0. The van der Waals surface area contributed by atoms with Crippen LogP contribution in [0.5, 0.6) is 0 Å². The van der Waals surface area contributed by atoms with E-state index in [2.05, 4.69) is 20.8 Å². The van der Waals surface area contributed by atoms with Gasteiger partial charge in [0.1, 0.15) is 0 Å². The van der Waals surface area contributed by atoms with Gasteiger partial charge < -0.3 is 0 Å². The van der Waals surface area contributed by atoms with Crippen LogP contribution in [0.25, 0.3) is 0 Å². The second-order valence-electron chi connectivity index (χ2n) is 7.40. The molecule has 0 aliphatic heterocycles. The van der Waals surface area contributed by atoms with Gasteiger partial charge in [0.25, 0.3) is 0 Å². The van der Waals surface area contributed by atoms with Crippen molar-refractivity contribution in [3.8, 4) is 0 Å². The summed E-state index contributed by atoms with van der Waals surface area (Å²) in [5.41, 5.74) is 0. The van der Waals surface area contributed by atoms with Gasteiger partial charge in [0, 0.05) is 0 Å². The first kappa shape index (κ1) is 22.0. The number of unbranched alkanes of at least 4 members (excludes halogenated alkanes) is 16. The van der Waals surface area contributed by atoms with E-state index in [9.17, 15) is 0 Å². The first-order chi connectivity index (χ1) is 10.8. The molecular weight excluding hydrogens is 264 g/mol. The van der Waals surface area contributed by atoms with Crippen LogP contribution in [0.4, 0.5) is 0 Å². The third-order valence-corrected chi connectivity index (χ3v) is 4.70. The average Bonchev–Trinajstić information content (AvgIpc) is 2.50. The molecule has 0 aromatic heterocycles. The monoisotopic (exact) mass is 308 g/mol. The van der Waals surface area contributed by atoms with Crippen molar-refractivity contribution in [1.29, 1.82) is 0 Å². The second-order valence-corrected chi connectivity index (χ2v) is 7.40. The van der Waals surface area contributed by atoms with Crippen LogP contribution in [0.2, 0.25) is 0 Å². The Morgan fingerprint density at radius 1 is 0.500 bits per heavy atom. The van der Waals surface area contributed by atoms with Crippen LogP contribution in [0, 0.1) is 19.8 Å². The maximum Gasteiger partial charge on any atom is -0.0443 e. The molecule has 22 heavy (non-hydrogen) atoms. The molecule has 1 atom stereocenters. The summed E-state index contributed by atoms with van der Waals surface area (Å²) < 4.78 is 0. The van der Waals surface area contributed by atoms with Gasteiger partial charge in [0.2, 0.25) is 0 Å². The van der Waals surface area contributed by atoms with Crippen molar-refractivity contribution in [1.82, 2.24) is 0 Å². The summed E-state index contributed by atoms with van der Waals surface area (Å²) in [4.78, 5) is 0. The highest BCUT2D eigenvalue weighted by atomic mass is 14.0. The third-order valence-electron chi connectivity index (χ3n) is 4.70. The molecule has 0 N–H and O–H groups in total. The molecule has 0 heteroatoms. The summed E-state index contributed by atoms with van der Waals surface area (Å²) in [5.74, 6) is 0.647. The van der Waals surface area contributed by atoms with Gasteiger partial charge in [0.05, 0.1) is 0 Å². The summed E-state index contributed by atoms with van der Waals surface area (Å²) in [6.45, 7) is 10.2. The van der Waals surface area contributed by atoms with Gasteiger partial charge in [-0.15, -0.1) is 0 Å². The van der Waals surface area contributed by atoms with E-state index in [4.69, 9.17) is 0 Å². The topological polar surface area (TPSA) is 0 Å². The Morgan fingerprint density at radius 2 is 0.773 bits per heavy atom. The Labute approximate surface area is 142 Å². The first-order valence-electron chi connectivity index (χ1n) is 10.4. The zero-order valence-corrected chi connectivity index (χ0v) is 15.7. The van der Waals surface area contributed by atoms with Crippen molar-refractivity contribution in [2.45, 2.75) is 122 Å². The highest BCUT2D eigenvalue weighted by molar-refractivity contribution is 4.55. The molecule has 132 valence electrons. The fourth-order valence-corrected chi connectivity index (χ4v) is 3.14. The lowest BCUT2D eigenvalue weighted by molar-refractivity contribution is 0.515. The van der Waals surface area contributed by atoms with Crippen molar-refractivity contribution in [2.75, 3.05) is 0 Å². The van der Waals surface area contributed by atoms with E-state index >= 15 is 0 Å². The van der Waals surface area contributed by atoms with Crippen LogP contribution in [-0.2, 0) is 0 Å². The Morgan fingerprint density at radius 3 is 1.05 bits per heavy atom. The van der Waals surface area contributed by atoms with Crippen LogP contribution < -0.4 is 0 Å². The summed E-state index contributed by atoms with van der Waals surface area (Å²) in [6.07, 6.45) is 25.5. The highest BCUT2D eigenvalue weighted by Crippen LogP contribution is 2.15. The van der Waals surface area contributed by atoms with Crippen LogP contribution in [-0.4, -0.2) is 0 Å². The van der Waals surface area contributed by atoms with E-state index in [-0.39, 0.29) is 0 Å². The van der Waals surface area contributed by atoms with E-state index in [1.807, 2.05) is 0 Å². The van der Waals surface area contributed by atoms with Gasteiger partial charge in [-0.3, -0.25) is 0 Å². The van der Waals surface area contributed by atoms with Crippen LogP contribution in [0.15, 0.2) is 0 Å². The zero-order valence-electron chi connectivity index (χ0n) is 15.7. The van der Waals surface area contributed by atoms with Gasteiger partial charge in [-0.1, -0.05) is 136 Å². The molecule has 0 saturated heterocycles. The summed E-state index contributed by atoms with van der Waals surface area (Å²) >= 11 is 0. The first-order valence-corrected chi connectivity index (χ1v) is 10.4. The molecule has 0 amide bonds. The summed E-state index contributed by atoms with van der Waals surface area (Å²) in [5, 5.41) is 0. The predicted octanol–water partition coefficient (Wildman–Crippen LogP) is 8.31. The molecule has 0 aliphatic carbocycles. The minimum absolute atomic E-state index is 0.647. The minimum Gasteiger partial charge on any atom is -0.0625 e. The van der Waals surface area contributed by atoms with Crippen molar-refractivity contribution >= 4 is 0 Å². The van der Waals surface area contributed by atoms with Gasteiger partial charge in [-0.25, -0.2) is 0 Å². The van der Waals surface area contributed by atoms with E-state index in [1.54, 1.807) is 0 Å². The Bertz CT molecular complexity index is 182. The SMILES string of the molecule is [CH2]CCCCCCCCCCCCCCCCCCC([CH2])C. The molecule has 0 bridgehead atoms. The molecule has 0 aliphatic rings. The molecule has 0 rings (SSSR count). The fourth-order valence-electron chi connectivity index (χ4n) is 3.14. The number of hydrogen-bond acceptors (Lipinski definition) is 0. The van der Waals surface area contributed by atoms with Crippen molar-refractivity contribution in [3.63, 3.8) is 0 Å². The molecule has 1 unspecified atom stereocenters. The molecule has 0 aromatic carbocycles. The molecule has 0 spiro atoms. The minimum atomic E-state index is 0.647. The van der Waals surface area contributed by atoms with Crippen LogP contribution in [0.3, 0.4) is 0 Å². The molecule has 0 fully saturated rings. The smallest absolute Gasteiger partial charge is 0.0443 e. The largest absolute Gasteiger partial charge is 0.0625 e. The van der Waals surface area contributed by atoms with Crippen molar-refractivity contribution in [3.05, 3.63) is 13.8 Å². The summed E-state index contributed by atoms with van der Waals surface area (Å²) in [7, 11) is 0.